The van der Waals surface area contributed by atoms with Gasteiger partial charge in [0, 0.05) is 42.9 Å². The molecule has 0 aliphatic heterocycles. The van der Waals surface area contributed by atoms with Gasteiger partial charge in [-0.05, 0) is 64.9 Å². The molecule has 0 spiro atoms. The van der Waals surface area contributed by atoms with Crippen molar-refractivity contribution in [3.8, 4) is 35.4 Å². The maximum atomic E-state index is 16.9. The Hall–Kier alpha value is -5.13. The van der Waals surface area contributed by atoms with E-state index >= 15 is 8.78 Å². The van der Waals surface area contributed by atoms with Crippen LogP contribution in [0, 0.1) is 24.0 Å². The number of hydrazine groups is 1. The summed E-state index contributed by atoms with van der Waals surface area (Å²) in [5.74, 6) is 1.03. The molecule has 0 saturated heterocycles. The summed E-state index contributed by atoms with van der Waals surface area (Å²) >= 11 is 0. The lowest BCUT2D eigenvalue weighted by Crippen LogP contribution is -2.41. The van der Waals surface area contributed by atoms with Gasteiger partial charge in [0.1, 0.15) is 35.0 Å². The summed E-state index contributed by atoms with van der Waals surface area (Å²) in [6.45, 7) is 7.35. The van der Waals surface area contributed by atoms with Crippen LogP contribution < -0.4 is 14.9 Å². The fourth-order valence-electron chi connectivity index (χ4n) is 5.16. The van der Waals surface area contributed by atoms with Crippen LogP contribution in [0.1, 0.15) is 52.5 Å². The summed E-state index contributed by atoms with van der Waals surface area (Å²) in [4.78, 5) is 28.3. The summed E-state index contributed by atoms with van der Waals surface area (Å²) in [6.07, 6.45) is 9.13. The van der Waals surface area contributed by atoms with Crippen LogP contribution in [0.15, 0.2) is 42.4 Å². The highest BCUT2D eigenvalue weighted by Gasteiger charge is 2.26. The molecule has 14 heteroatoms. The van der Waals surface area contributed by atoms with Crippen molar-refractivity contribution >= 4 is 33.6 Å². The Kier molecular flexibility index (Phi) is 13.0. The van der Waals surface area contributed by atoms with Gasteiger partial charge in [-0.15, -0.1) is 6.42 Å². The second-order valence-electron chi connectivity index (χ2n) is 13.0. The van der Waals surface area contributed by atoms with Crippen molar-refractivity contribution < 1.29 is 36.9 Å². The fraction of sp³-hybridized carbons (Fsp3) is 0.405. The van der Waals surface area contributed by atoms with Gasteiger partial charge >= 0.3 is 12.1 Å². The minimum absolute atomic E-state index is 0.0221. The molecule has 0 fully saturated rings. The van der Waals surface area contributed by atoms with E-state index in [1.807, 2.05) is 6.92 Å². The van der Waals surface area contributed by atoms with Gasteiger partial charge < -0.3 is 23.8 Å². The van der Waals surface area contributed by atoms with E-state index in [2.05, 4.69) is 26.3 Å². The van der Waals surface area contributed by atoms with Crippen LogP contribution in [0.3, 0.4) is 0 Å². The number of pyridine rings is 1. The number of benzene rings is 2. The number of aromatic nitrogens is 3. The molecule has 0 unspecified atom stereocenters. The number of hydrogen-bond acceptors (Lipinski definition) is 10. The number of nitrogens with zero attached hydrogens (tertiary/aromatic N) is 5. The normalized spacial score (nSPS) is 11.9. The molecule has 0 bridgehead atoms. The van der Waals surface area contributed by atoms with Crippen LogP contribution in [0.25, 0.3) is 32.9 Å². The Bertz CT molecular complexity index is 1940. The highest BCUT2D eigenvalue weighted by atomic mass is 19.1. The zero-order valence-corrected chi connectivity index (χ0v) is 29.9. The van der Waals surface area contributed by atoms with E-state index in [0.29, 0.717) is 18.1 Å². The monoisotopic (exact) mass is 708 g/mol. The average Bonchev–Trinajstić information content (AvgIpc) is 3.08. The molecule has 51 heavy (non-hydrogen) atoms. The number of anilines is 1. The number of ether oxygens (including phenoxy) is 4. The van der Waals surface area contributed by atoms with Gasteiger partial charge in [-0.2, -0.15) is 9.97 Å². The molecule has 0 saturated carbocycles. The van der Waals surface area contributed by atoms with E-state index in [0.717, 1.165) is 12.8 Å². The molecule has 1 amide bonds. The third kappa shape index (κ3) is 9.77. The van der Waals surface area contributed by atoms with Gasteiger partial charge in [0.05, 0.1) is 17.3 Å². The second kappa shape index (κ2) is 17.2. The van der Waals surface area contributed by atoms with Crippen molar-refractivity contribution in [2.45, 2.75) is 52.6 Å². The van der Waals surface area contributed by atoms with Crippen LogP contribution in [0.4, 0.5) is 23.8 Å². The number of halogens is 3. The molecule has 0 atom stereocenters. The summed E-state index contributed by atoms with van der Waals surface area (Å²) < 4.78 is 67.8. The SMILES string of the molecule is C#Cc1c(F)ccc2cc(OCOC)cc(-c3ncc4c(NN(CCCCC)C(=O)OC(C)(C)C)nc(OC/C(=C/F)CN(C)C)nc4c3F)c12. The Labute approximate surface area is 295 Å². The van der Waals surface area contributed by atoms with Crippen molar-refractivity contribution in [2.24, 2.45) is 0 Å². The maximum absolute atomic E-state index is 16.9. The van der Waals surface area contributed by atoms with E-state index in [1.54, 1.807) is 45.8 Å². The zero-order chi connectivity index (χ0) is 37.3. The first-order valence-electron chi connectivity index (χ1n) is 16.3. The molecule has 1 N–H and O–H groups in total. The minimum atomic E-state index is -0.926. The number of terminal acetylenes is 1. The first-order chi connectivity index (χ1) is 24.3. The molecule has 0 aliphatic carbocycles. The van der Waals surface area contributed by atoms with Crippen molar-refractivity contribution in [1.82, 2.24) is 24.9 Å². The van der Waals surface area contributed by atoms with E-state index in [9.17, 15) is 9.18 Å². The molecule has 0 aliphatic rings. The molecule has 2 heterocycles. The number of likely N-dealkylation sites (N-methyl/N-ethyl adjacent to an activating group) is 1. The molecule has 2 aromatic carbocycles. The molecular weight excluding hydrogens is 665 g/mol. The Morgan fingerprint density at radius 2 is 1.88 bits per heavy atom. The first kappa shape index (κ1) is 38.7. The van der Waals surface area contributed by atoms with Gasteiger partial charge in [-0.1, -0.05) is 31.8 Å². The first-order valence-corrected chi connectivity index (χ1v) is 16.3. The van der Waals surface area contributed by atoms with Crippen LogP contribution in [0.2, 0.25) is 0 Å². The van der Waals surface area contributed by atoms with Gasteiger partial charge in [0.2, 0.25) is 0 Å². The summed E-state index contributed by atoms with van der Waals surface area (Å²) in [5.41, 5.74) is 1.98. The smallest absolute Gasteiger partial charge is 0.429 e. The quantitative estimate of drug-likeness (QED) is 0.0573. The molecular formula is C37H43F3N6O5. The number of nitrogens with one attached hydrogen (secondary N) is 1. The van der Waals surface area contributed by atoms with E-state index in [4.69, 9.17) is 25.4 Å². The van der Waals surface area contributed by atoms with E-state index in [-0.39, 0.29) is 82.8 Å². The van der Waals surface area contributed by atoms with Crippen molar-refractivity contribution in [2.75, 3.05) is 53.1 Å². The lowest BCUT2D eigenvalue weighted by atomic mass is 9.95. The fourth-order valence-corrected chi connectivity index (χ4v) is 5.16. The predicted molar refractivity (Wildman–Crippen MR) is 190 cm³/mol. The molecule has 272 valence electrons. The number of carbonyl (C=O) groups excluding carboxylic acids is 1. The summed E-state index contributed by atoms with van der Waals surface area (Å²) in [5, 5.41) is 2.02. The van der Waals surface area contributed by atoms with E-state index < -0.39 is 23.3 Å². The Balaban J connectivity index is 1.94. The van der Waals surface area contributed by atoms with Gasteiger partial charge in [-0.25, -0.2) is 23.0 Å². The van der Waals surface area contributed by atoms with Gasteiger partial charge in [0.15, 0.2) is 18.4 Å². The van der Waals surface area contributed by atoms with Crippen LogP contribution in [-0.4, -0.2) is 84.2 Å². The number of rotatable bonds is 15. The summed E-state index contributed by atoms with van der Waals surface area (Å²) in [6, 6.07) is 5.51. The van der Waals surface area contributed by atoms with E-state index in [1.165, 1.54) is 36.5 Å². The average molecular weight is 709 g/mol. The number of carbonyl (C=O) groups is 1. The Morgan fingerprint density at radius 1 is 1.12 bits per heavy atom. The summed E-state index contributed by atoms with van der Waals surface area (Å²) in [7, 11) is 4.98. The molecule has 4 aromatic rings. The number of unbranched alkanes of at least 4 members (excludes halogenated alkanes) is 2. The second-order valence-corrected chi connectivity index (χ2v) is 13.0. The highest BCUT2D eigenvalue weighted by molar-refractivity contribution is 6.03. The standard InChI is InChI=1S/C37H43F3N6O5/c1-9-11-12-15-46(36(47)51-37(3,4)5)44-34-28-19-41-32(31(40)33(28)42-35(43-34)49-21-23(18-38)20-45(6)7)27-17-25(50-22-48-8)16-24-13-14-29(39)26(10-2)30(24)27/h2,13-14,16-19H,9,11-12,15,20-22H2,1,3-8H3,(H,42,43,44)/b23-18+. The van der Waals surface area contributed by atoms with Gasteiger partial charge in [-0.3, -0.25) is 10.4 Å². The van der Waals surface area contributed by atoms with Crippen molar-refractivity contribution in [1.29, 1.82) is 0 Å². The number of methoxy groups -OCH3 is 1. The lowest BCUT2D eigenvalue weighted by Gasteiger charge is -2.28. The molecule has 0 radical (unpaired) electrons. The van der Waals surface area contributed by atoms with Crippen LogP contribution in [0.5, 0.6) is 11.8 Å². The predicted octanol–water partition coefficient (Wildman–Crippen LogP) is 7.64. The van der Waals surface area contributed by atoms with Gasteiger partial charge in [0.25, 0.3) is 0 Å². The van der Waals surface area contributed by atoms with Crippen LogP contribution in [-0.2, 0) is 9.47 Å². The number of hydrogen-bond donors (Lipinski definition) is 1. The third-order valence-electron chi connectivity index (χ3n) is 7.35. The molecule has 2 aromatic heterocycles. The molecule has 11 nitrogen and oxygen atoms in total. The van der Waals surface area contributed by atoms with Crippen molar-refractivity contribution in [3.05, 3.63) is 59.6 Å². The number of fused-ring (bicyclic) bond motifs is 2. The maximum Gasteiger partial charge on any atom is 0.429 e. The Morgan fingerprint density at radius 3 is 2.53 bits per heavy atom. The zero-order valence-electron chi connectivity index (χ0n) is 29.9. The lowest BCUT2D eigenvalue weighted by molar-refractivity contribution is 0.0293. The topological polar surface area (TPSA) is 111 Å². The molecule has 4 rings (SSSR count). The number of amides is 1. The third-order valence-corrected chi connectivity index (χ3v) is 7.35. The van der Waals surface area contributed by atoms with Crippen molar-refractivity contribution in [3.63, 3.8) is 0 Å². The minimum Gasteiger partial charge on any atom is -0.468 e. The largest absolute Gasteiger partial charge is 0.468 e. The highest BCUT2D eigenvalue weighted by Crippen LogP contribution is 2.38. The van der Waals surface area contributed by atoms with Crippen LogP contribution >= 0.6 is 0 Å².